The Hall–Kier alpha value is -1.57. The molecule has 122 valence electrons. The van der Waals surface area contributed by atoms with Crippen LogP contribution < -0.4 is 0 Å². The molecule has 1 rings (SSSR count). The van der Waals surface area contributed by atoms with Gasteiger partial charge in [0.1, 0.15) is 0 Å². The number of benzene rings is 1. The van der Waals surface area contributed by atoms with E-state index in [1.165, 1.54) is 37.3 Å². The fourth-order valence-corrected chi connectivity index (χ4v) is 2.48. The second-order valence-corrected chi connectivity index (χ2v) is 6.18. The smallest absolute Gasteiger partial charge is 0.331 e. The van der Waals surface area contributed by atoms with Crippen LogP contribution in [0, 0.1) is 5.92 Å². The van der Waals surface area contributed by atoms with Gasteiger partial charge in [0, 0.05) is 6.08 Å². The Morgan fingerprint density at radius 1 is 1.18 bits per heavy atom. The topological polar surface area (TPSA) is 26.3 Å². The first-order valence-corrected chi connectivity index (χ1v) is 8.52. The summed E-state index contributed by atoms with van der Waals surface area (Å²) >= 11 is 0. The molecule has 0 saturated carbocycles. The summed E-state index contributed by atoms with van der Waals surface area (Å²) in [5.74, 6) is 0.493. The molecule has 0 heterocycles. The van der Waals surface area contributed by atoms with E-state index < -0.39 is 0 Å². The number of hydrogen-bond donors (Lipinski definition) is 0. The van der Waals surface area contributed by atoms with Crippen LogP contribution in [0.15, 0.2) is 30.3 Å². The summed E-state index contributed by atoms with van der Waals surface area (Å²) in [5.41, 5.74) is 2.41. The molecule has 0 aliphatic carbocycles. The second-order valence-electron chi connectivity index (χ2n) is 6.18. The molecule has 1 aromatic carbocycles. The van der Waals surface area contributed by atoms with Crippen molar-refractivity contribution < 1.29 is 9.53 Å². The van der Waals surface area contributed by atoms with Gasteiger partial charge < -0.3 is 4.74 Å². The molecule has 0 N–H and O–H groups in total. The standard InChI is InChI=1S/C20H30O2/c1-5-7-8-17(6-2)15-19-11-9-18(10-12-19)13-14-20(21)22-16(3)4/h9-14,16-17H,5-8,15H2,1-4H3. The quantitative estimate of drug-likeness (QED) is 0.450. The largest absolute Gasteiger partial charge is 0.460 e. The number of carbonyl (C=O) groups is 1. The van der Waals surface area contributed by atoms with Crippen molar-refractivity contribution in [2.45, 2.75) is 65.9 Å². The average molecular weight is 302 g/mol. The number of ether oxygens (including phenoxy) is 1. The summed E-state index contributed by atoms with van der Waals surface area (Å²) in [6, 6.07) is 8.48. The number of esters is 1. The second kappa shape index (κ2) is 10.2. The summed E-state index contributed by atoms with van der Waals surface area (Å²) in [7, 11) is 0. The van der Waals surface area contributed by atoms with E-state index in [1.54, 1.807) is 0 Å². The van der Waals surface area contributed by atoms with Crippen LogP contribution in [0.3, 0.4) is 0 Å². The molecule has 2 nitrogen and oxygen atoms in total. The number of carbonyl (C=O) groups excluding carboxylic acids is 1. The molecule has 1 aromatic rings. The molecule has 0 amide bonds. The Morgan fingerprint density at radius 3 is 2.41 bits per heavy atom. The first kappa shape index (κ1) is 18.5. The third-order valence-electron chi connectivity index (χ3n) is 3.81. The highest BCUT2D eigenvalue weighted by molar-refractivity contribution is 5.87. The van der Waals surface area contributed by atoms with Gasteiger partial charge in [-0.25, -0.2) is 4.79 Å². The molecule has 0 saturated heterocycles. The minimum absolute atomic E-state index is 0.0753. The Labute approximate surface area is 135 Å². The number of hydrogen-bond acceptors (Lipinski definition) is 2. The maximum atomic E-state index is 11.5. The van der Waals surface area contributed by atoms with Crippen LogP contribution in [-0.2, 0) is 16.0 Å². The minimum atomic E-state index is -0.287. The van der Waals surface area contributed by atoms with Gasteiger partial charge in [-0.2, -0.15) is 0 Å². The van der Waals surface area contributed by atoms with Crippen LogP contribution in [-0.4, -0.2) is 12.1 Å². The lowest BCUT2D eigenvalue weighted by molar-refractivity contribution is -0.141. The van der Waals surface area contributed by atoms with Gasteiger partial charge in [-0.15, -0.1) is 0 Å². The summed E-state index contributed by atoms with van der Waals surface area (Å²) < 4.78 is 5.07. The van der Waals surface area contributed by atoms with E-state index in [2.05, 4.69) is 38.1 Å². The highest BCUT2D eigenvalue weighted by atomic mass is 16.5. The molecule has 0 aromatic heterocycles. The lowest BCUT2D eigenvalue weighted by Gasteiger charge is -2.14. The van der Waals surface area contributed by atoms with Crippen molar-refractivity contribution in [1.82, 2.24) is 0 Å². The summed E-state index contributed by atoms with van der Waals surface area (Å²) in [6.07, 6.45) is 9.51. The van der Waals surface area contributed by atoms with Crippen molar-refractivity contribution in [3.8, 4) is 0 Å². The van der Waals surface area contributed by atoms with E-state index in [-0.39, 0.29) is 12.1 Å². The Kier molecular flexibility index (Phi) is 8.57. The van der Waals surface area contributed by atoms with Crippen LogP contribution in [0.1, 0.15) is 64.5 Å². The van der Waals surface area contributed by atoms with Crippen molar-refractivity contribution in [1.29, 1.82) is 0 Å². The molecule has 0 bridgehead atoms. The zero-order valence-electron chi connectivity index (χ0n) is 14.5. The van der Waals surface area contributed by atoms with Crippen molar-refractivity contribution in [2.75, 3.05) is 0 Å². The van der Waals surface area contributed by atoms with E-state index in [4.69, 9.17) is 4.74 Å². The van der Waals surface area contributed by atoms with Crippen LogP contribution in [0.5, 0.6) is 0 Å². The highest BCUT2D eigenvalue weighted by Gasteiger charge is 2.07. The van der Waals surface area contributed by atoms with Crippen LogP contribution in [0.2, 0.25) is 0 Å². The molecular weight excluding hydrogens is 272 g/mol. The van der Waals surface area contributed by atoms with Gasteiger partial charge in [-0.1, -0.05) is 63.8 Å². The Morgan fingerprint density at radius 2 is 1.86 bits per heavy atom. The molecule has 0 aliphatic heterocycles. The molecule has 1 atom stereocenters. The Balaban J connectivity index is 2.55. The van der Waals surface area contributed by atoms with Gasteiger partial charge in [-0.05, 0) is 43.4 Å². The van der Waals surface area contributed by atoms with E-state index in [0.717, 1.165) is 17.9 Å². The van der Waals surface area contributed by atoms with Crippen LogP contribution >= 0.6 is 0 Å². The maximum Gasteiger partial charge on any atom is 0.331 e. The lowest BCUT2D eigenvalue weighted by Crippen LogP contribution is -2.08. The fourth-order valence-electron chi connectivity index (χ4n) is 2.48. The monoisotopic (exact) mass is 302 g/mol. The van der Waals surface area contributed by atoms with Gasteiger partial charge in [0.25, 0.3) is 0 Å². The Bertz CT molecular complexity index is 457. The summed E-state index contributed by atoms with van der Waals surface area (Å²) in [6.45, 7) is 8.22. The van der Waals surface area contributed by atoms with E-state index in [0.29, 0.717) is 0 Å². The molecule has 1 unspecified atom stereocenters. The lowest BCUT2D eigenvalue weighted by atomic mass is 9.92. The molecule has 0 aliphatic rings. The van der Waals surface area contributed by atoms with Crippen molar-refractivity contribution in [3.63, 3.8) is 0 Å². The third-order valence-corrected chi connectivity index (χ3v) is 3.81. The summed E-state index contributed by atoms with van der Waals surface area (Å²) in [5, 5.41) is 0. The van der Waals surface area contributed by atoms with Crippen molar-refractivity contribution >= 4 is 12.0 Å². The van der Waals surface area contributed by atoms with Gasteiger partial charge in [-0.3, -0.25) is 0 Å². The molecular formula is C20H30O2. The highest BCUT2D eigenvalue weighted by Crippen LogP contribution is 2.19. The van der Waals surface area contributed by atoms with Gasteiger partial charge in [0.2, 0.25) is 0 Å². The normalized spacial score (nSPS) is 12.8. The first-order valence-electron chi connectivity index (χ1n) is 8.52. The predicted octanol–water partition coefficient (Wildman–Crippen LogP) is 5.41. The first-order chi connectivity index (χ1) is 10.5. The van der Waals surface area contributed by atoms with Crippen LogP contribution in [0.4, 0.5) is 0 Å². The zero-order valence-corrected chi connectivity index (χ0v) is 14.5. The van der Waals surface area contributed by atoms with E-state index >= 15 is 0 Å². The minimum Gasteiger partial charge on any atom is -0.460 e. The van der Waals surface area contributed by atoms with E-state index in [1.807, 2.05) is 19.9 Å². The van der Waals surface area contributed by atoms with Gasteiger partial charge >= 0.3 is 5.97 Å². The molecule has 0 radical (unpaired) electrons. The van der Waals surface area contributed by atoms with Crippen LogP contribution in [0.25, 0.3) is 6.08 Å². The molecule has 22 heavy (non-hydrogen) atoms. The number of rotatable bonds is 9. The van der Waals surface area contributed by atoms with Crippen molar-refractivity contribution in [2.24, 2.45) is 5.92 Å². The van der Waals surface area contributed by atoms with Gasteiger partial charge in [0.15, 0.2) is 0 Å². The van der Waals surface area contributed by atoms with Crippen molar-refractivity contribution in [3.05, 3.63) is 41.5 Å². The molecule has 0 fully saturated rings. The fraction of sp³-hybridized carbons (Fsp3) is 0.550. The maximum absolute atomic E-state index is 11.5. The average Bonchev–Trinajstić information content (AvgIpc) is 2.50. The third kappa shape index (κ3) is 7.44. The van der Waals surface area contributed by atoms with E-state index in [9.17, 15) is 4.79 Å². The van der Waals surface area contributed by atoms with Gasteiger partial charge in [0.05, 0.1) is 6.10 Å². The zero-order chi connectivity index (χ0) is 16.4. The number of unbranched alkanes of at least 4 members (excludes halogenated alkanes) is 1. The molecule has 2 heteroatoms. The SMILES string of the molecule is CCCCC(CC)Cc1ccc(C=CC(=O)OC(C)C)cc1. The summed E-state index contributed by atoms with van der Waals surface area (Å²) in [4.78, 5) is 11.5. The molecule has 0 spiro atoms. The predicted molar refractivity (Wildman–Crippen MR) is 93.7 cm³/mol.